The summed E-state index contributed by atoms with van der Waals surface area (Å²) in [6.45, 7) is -0.478. The third kappa shape index (κ3) is 4.30. The highest BCUT2D eigenvalue weighted by atomic mass is 19.4. The predicted octanol–water partition coefficient (Wildman–Crippen LogP) is 2.00. The molecule has 3 N–H and O–H groups in total. The molecular weight excluding hydrogens is 291 g/mol. The number of hydrogen-bond donors (Lipinski definition) is 2. The van der Waals surface area contributed by atoms with Gasteiger partial charge in [-0.25, -0.2) is 13.8 Å². The van der Waals surface area contributed by atoms with Crippen LogP contribution in [0.1, 0.15) is 23.2 Å². The maximum Gasteiger partial charge on any atom is 0.574 e. The molecule has 1 aromatic heterocycles. The van der Waals surface area contributed by atoms with Crippen molar-refractivity contribution in [3.8, 4) is 5.88 Å². The van der Waals surface area contributed by atoms with Gasteiger partial charge in [0.15, 0.2) is 0 Å². The van der Waals surface area contributed by atoms with Crippen molar-refractivity contribution >= 4 is 5.97 Å². The Labute approximate surface area is 109 Å². The van der Waals surface area contributed by atoms with E-state index in [-0.39, 0.29) is 5.56 Å². The van der Waals surface area contributed by atoms with Gasteiger partial charge in [0.1, 0.15) is 5.69 Å². The fourth-order valence-corrected chi connectivity index (χ4v) is 1.44. The highest BCUT2D eigenvalue weighted by molar-refractivity contribution is 5.70. The minimum Gasteiger partial charge on any atom is -0.481 e. The Morgan fingerprint density at radius 2 is 2.00 bits per heavy atom. The average Bonchev–Trinajstić information content (AvgIpc) is 2.27. The second kappa shape index (κ2) is 5.99. The molecule has 0 saturated heterocycles. The SMILES string of the molecule is NCc1cc(CC(=O)O)c(C(F)F)nc1OC(F)(F)F. The number of hydrogen-bond acceptors (Lipinski definition) is 4. The monoisotopic (exact) mass is 300 g/mol. The molecule has 0 aliphatic carbocycles. The largest absolute Gasteiger partial charge is 0.574 e. The number of aromatic nitrogens is 1. The Bertz CT molecular complexity index is 504. The molecule has 0 aliphatic heterocycles. The number of halogens is 5. The molecule has 0 unspecified atom stereocenters. The van der Waals surface area contributed by atoms with Crippen LogP contribution in [0.15, 0.2) is 6.07 Å². The Balaban J connectivity index is 3.32. The van der Waals surface area contributed by atoms with Crippen LogP contribution in [0.4, 0.5) is 22.0 Å². The fraction of sp³-hybridized carbons (Fsp3) is 0.400. The topological polar surface area (TPSA) is 85.4 Å². The summed E-state index contributed by atoms with van der Waals surface area (Å²) in [5.74, 6) is -2.54. The number of carbonyl (C=O) groups is 1. The van der Waals surface area contributed by atoms with E-state index in [2.05, 4.69) is 9.72 Å². The normalized spacial score (nSPS) is 11.8. The van der Waals surface area contributed by atoms with Crippen LogP contribution in [0.5, 0.6) is 5.88 Å². The molecule has 0 atom stereocenters. The van der Waals surface area contributed by atoms with E-state index in [1.54, 1.807) is 0 Å². The third-order valence-electron chi connectivity index (χ3n) is 2.15. The zero-order valence-electron chi connectivity index (χ0n) is 9.75. The van der Waals surface area contributed by atoms with Crippen molar-refractivity contribution in [2.75, 3.05) is 0 Å². The Morgan fingerprint density at radius 1 is 1.40 bits per heavy atom. The van der Waals surface area contributed by atoms with Crippen LogP contribution in [0, 0.1) is 0 Å². The molecule has 5 nitrogen and oxygen atoms in total. The van der Waals surface area contributed by atoms with Crippen LogP contribution in [0.25, 0.3) is 0 Å². The fourth-order valence-electron chi connectivity index (χ4n) is 1.44. The second-order valence-corrected chi connectivity index (χ2v) is 3.62. The van der Waals surface area contributed by atoms with Crippen LogP contribution in [-0.4, -0.2) is 22.4 Å². The first kappa shape index (κ1) is 16.1. The highest BCUT2D eigenvalue weighted by Gasteiger charge is 2.34. The van der Waals surface area contributed by atoms with Gasteiger partial charge in [-0.2, -0.15) is 0 Å². The maximum atomic E-state index is 12.7. The highest BCUT2D eigenvalue weighted by Crippen LogP contribution is 2.30. The lowest BCUT2D eigenvalue weighted by molar-refractivity contribution is -0.276. The summed E-state index contributed by atoms with van der Waals surface area (Å²) in [6, 6.07) is 0.823. The molecular formula is C10H9F5N2O3. The van der Waals surface area contributed by atoms with Crippen molar-refractivity contribution in [1.82, 2.24) is 4.98 Å². The molecule has 0 fully saturated rings. The Morgan fingerprint density at radius 3 is 2.40 bits per heavy atom. The summed E-state index contributed by atoms with van der Waals surface area (Å²) in [4.78, 5) is 13.6. The van der Waals surface area contributed by atoms with Crippen LogP contribution in [0.3, 0.4) is 0 Å². The second-order valence-electron chi connectivity index (χ2n) is 3.62. The number of carboxylic acids is 1. The number of nitrogens with zero attached hydrogens (tertiary/aromatic N) is 1. The predicted molar refractivity (Wildman–Crippen MR) is 55.1 cm³/mol. The van der Waals surface area contributed by atoms with Gasteiger partial charge in [-0.3, -0.25) is 4.79 Å². The van der Waals surface area contributed by atoms with Crippen molar-refractivity contribution in [3.05, 3.63) is 22.9 Å². The molecule has 0 radical (unpaired) electrons. The van der Waals surface area contributed by atoms with Crippen LogP contribution >= 0.6 is 0 Å². The van der Waals surface area contributed by atoms with E-state index >= 15 is 0 Å². The molecule has 0 aromatic carbocycles. The van der Waals surface area contributed by atoms with E-state index in [4.69, 9.17) is 10.8 Å². The van der Waals surface area contributed by atoms with E-state index < -0.39 is 48.9 Å². The third-order valence-corrected chi connectivity index (χ3v) is 2.15. The van der Waals surface area contributed by atoms with Gasteiger partial charge in [0, 0.05) is 12.1 Å². The van der Waals surface area contributed by atoms with Gasteiger partial charge < -0.3 is 15.6 Å². The number of carboxylic acid groups (broad SMARTS) is 1. The van der Waals surface area contributed by atoms with E-state index in [0.717, 1.165) is 6.07 Å². The molecule has 0 amide bonds. The lowest BCUT2D eigenvalue weighted by atomic mass is 10.1. The van der Waals surface area contributed by atoms with Gasteiger partial charge in [-0.15, -0.1) is 13.2 Å². The molecule has 10 heteroatoms. The molecule has 20 heavy (non-hydrogen) atoms. The van der Waals surface area contributed by atoms with Gasteiger partial charge in [-0.05, 0) is 11.6 Å². The summed E-state index contributed by atoms with van der Waals surface area (Å²) >= 11 is 0. The number of nitrogens with two attached hydrogens (primary N) is 1. The first-order chi connectivity index (χ1) is 9.14. The van der Waals surface area contributed by atoms with E-state index in [9.17, 15) is 26.7 Å². The van der Waals surface area contributed by atoms with Crippen LogP contribution in [-0.2, 0) is 17.8 Å². The lowest BCUT2D eigenvalue weighted by Gasteiger charge is -2.15. The van der Waals surface area contributed by atoms with Crippen molar-refractivity contribution in [3.63, 3.8) is 0 Å². The molecule has 0 saturated carbocycles. The van der Waals surface area contributed by atoms with Crippen LogP contribution in [0.2, 0.25) is 0 Å². The summed E-state index contributed by atoms with van der Waals surface area (Å²) in [6.07, 6.45) is -9.18. The van der Waals surface area contributed by atoms with Gasteiger partial charge >= 0.3 is 12.3 Å². The first-order valence-electron chi connectivity index (χ1n) is 5.12. The quantitative estimate of drug-likeness (QED) is 0.812. The summed E-state index contributed by atoms with van der Waals surface area (Å²) < 4.78 is 65.3. The number of pyridine rings is 1. The number of ether oxygens (including phenoxy) is 1. The van der Waals surface area contributed by atoms with Crippen molar-refractivity contribution in [2.45, 2.75) is 25.8 Å². The molecule has 0 bridgehead atoms. The van der Waals surface area contributed by atoms with E-state index in [1.807, 2.05) is 0 Å². The summed E-state index contributed by atoms with van der Waals surface area (Å²) in [5, 5.41) is 8.58. The van der Waals surface area contributed by atoms with Gasteiger partial charge in [0.05, 0.1) is 6.42 Å². The Kier molecular flexibility index (Phi) is 4.82. The summed E-state index contributed by atoms with van der Waals surface area (Å²) in [7, 11) is 0. The number of alkyl halides is 5. The Hall–Kier alpha value is -1.97. The average molecular weight is 300 g/mol. The van der Waals surface area contributed by atoms with Gasteiger partial charge in [0.25, 0.3) is 6.43 Å². The van der Waals surface area contributed by atoms with E-state index in [1.165, 1.54) is 0 Å². The minimum absolute atomic E-state index is 0.317. The summed E-state index contributed by atoms with van der Waals surface area (Å²) in [5.41, 5.74) is 3.36. The number of aliphatic carboxylic acids is 1. The van der Waals surface area contributed by atoms with Gasteiger partial charge in [0.2, 0.25) is 5.88 Å². The zero-order valence-corrected chi connectivity index (χ0v) is 9.75. The molecule has 1 heterocycles. The maximum absolute atomic E-state index is 12.7. The molecule has 0 aliphatic rings. The standard InChI is InChI=1S/C10H9F5N2O3/c11-8(12)7-4(2-6(18)19)1-5(3-16)9(17-7)20-10(13,14)15/h1,8H,2-3,16H2,(H,18,19). The number of rotatable bonds is 5. The van der Waals surface area contributed by atoms with Crippen molar-refractivity contribution in [2.24, 2.45) is 5.73 Å². The van der Waals surface area contributed by atoms with Crippen molar-refractivity contribution < 1.29 is 36.6 Å². The lowest BCUT2D eigenvalue weighted by Crippen LogP contribution is -2.21. The first-order valence-corrected chi connectivity index (χ1v) is 5.12. The van der Waals surface area contributed by atoms with Gasteiger partial charge in [-0.1, -0.05) is 0 Å². The molecule has 112 valence electrons. The minimum atomic E-state index is -5.12. The van der Waals surface area contributed by atoms with E-state index in [0.29, 0.717) is 0 Å². The molecule has 1 rings (SSSR count). The molecule has 0 spiro atoms. The van der Waals surface area contributed by atoms with Crippen molar-refractivity contribution in [1.29, 1.82) is 0 Å². The molecule has 1 aromatic rings. The van der Waals surface area contributed by atoms with Crippen LogP contribution < -0.4 is 10.5 Å². The zero-order chi connectivity index (χ0) is 15.5. The smallest absolute Gasteiger partial charge is 0.481 e.